The van der Waals surface area contributed by atoms with Gasteiger partial charge in [-0.2, -0.15) is 0 Å². The third-order valence-corrected chi connectivity index (χ3v) is 2.69. The van der Waals surface area contributed by atoms with Crippen LogP contribution in [0.25, 0.3) is 0 Å². The van der Waals surface area contributed by atoms with Crippen LogP contribution >= 0.6 is 0 Å². The van der Waals surface area contributed by atoms with Crippen molar-refractivity contribution in [1.29, 1.82) is 0 Å². The maximum absolute atomic E-state index is 5.46. The minimum atomic E-state index is 0.421. The summed E-state index contributed by atoms with van der Waals surface area (Å²) >= 11 is 0. The van der Waals surface area contributed by atoms with Crippen LogP contribution < -0.4 is 9.47 Å². The van der Waals surface area contributed by atoms with E-state index in [-0.39, 0.29) is 0 Å². The Morgan fingerprint density at radius 3 is 1.64 bits per heavy atom. The summed E-state index contributed by atoms with van der Waals surface area (Å²) in [6.07, 6.45) is 2.22. The summed E-state index contributed by atoms with van der Waals surface area (Å²) in [5.74, 6) is 2.30. The molecule has 0 atom stereocenters. The molecule has 0 saturated heterocycles. The molecule has 11 heavy (non-hydrogen) atoms. The molecular weight excluding hydrogens is 140 g/mol. The third kappa shape index (κ3) is 0.381. The molecular formula is C9H6O2. The van der Waals surface area contributed by atoms with Gasteiger partial charge in [0.25, 0.3) is 0 Å². The van der Waals surface area contributed by atoms with Crippen molar-refractivity contribution in [2.24, 2.45) is 0 Å². The van der Waals surface area contributed by atoms with Crippen molar-refractivity contribution in [1.82, 2.24) is 0 Å². The van der Waals surface area contributed by atoms with Gasteiger partial charge in [-0.3, -0.25) is 0 Å². The number of ether oxygens (including phenoxy) is 2. The van der Waals surface area contributed by atoms with Gasteiger partial charge in [0, 0.05) is 35.1 Å². The number of rotatable bonds is 0. The minimum absolute atomic E-state index is 0.421. The first-order chi connectivity index (χ1) is 5.45. The summed E-state index contributed by atoms with van der Waals surface area (Å²) in [6, 6.07) is 0. The maximum Gasteiger partial charge on any atom is 0.230 e. The maximum atomic E-state index is 5.46. The van der Waals surface area contributed by atoms with Crippen LogP contribution in [0, 0.1) is 0 Å². The Morgan fingerprint density at radius 2 is 1.18 bits per heavy atom. The van der Waals surface area contributed by atoms with Crippen LogP contribution in [0.4, 0.5) is 0 Å². The van der Waals surface area contributed by atoms with Crippen LogP contribution in [0.1, 0.15) is 22.3 Å². The average molecular weight is 146 g/mol. The summed E-state index contributed by atoms with van der Waals surface area (Å²) in [6.45, 7) is 0.421. The van der Waals surface area contributed by atoms with E-state index in [1.165, 1.54) is 22.3 Å². The van der Waals surface area contributed by atoms with Gasteiger partial charge in [0.1, 0.15) is 11.5 Å². The van der Waals surface area contributed by atoms with Gasteiger partial charge in [0.15, 0.2) is 0 Å². The van der Waals surface area contributed by atoms with Crippen LogP contribution in [0.2, 0.25) is 0 Å². The molecule has 4 aliphatic rings. The topological polar surface area (TPSA) is 18.5 Å². The molecule has 1 aromatic rings. The van der Waals surface area contributed by atoms with Crippen molar-refractivity contribution in [2.45, 2.75) is 12.8 Å². The van der Waals surface area contributed by atoms with Gasteiger partial charge < -0.3 is 9.47 Å². The molecule has 0 spiro atoms. The Labute approximate surface area is 63.7 Å². The zero-order chi connectivity index (χ0) is 7.00. The highest BCUT2D eigenvalue weighted by Gasteiger charge is 2.42. The Morgan fingerprint density at radius 1 is 0.727 bits per heavy atom. The van der Waals surface area contributed by atoms with E-state index < -0.39 is 0 Å². The summed E-state index contributed by atoms with van der Waals surface area (Å²) in [5, 5.41) is 0. The van der Waals surface area contributed by atoms with Crippen molar-refractivity contribution >= 4 is 0 Å². The molecule has 0 N–H and O–H groups in total. The van der Waals surface area contributed by atoms with Crippen LogP contribution in [0.3, 0.4) is 0 Å². The van der Waals surface area contributed by atoms with Gasteiger partial charge in [-0.25, -0.2) is 0 Å². The molecule has 2 aliphatic heterocycles. The van der Waals surface area contributed by atoms with Crippen LogP contribution in [-0.2, 0) is 12.8 Å². The number of fused-ring (bicyclic) bond motifs is 2. The molecule has 0 saturated carbocycles. The summed E-state index contributed by atoms with van der Waals surface area (Å²) in [7, 11) is 0. The van der Waals surface area contributed by atoms with Gasteiger partial charge in [0.05, 0.1) is 0 Å². The quantitative estimate of drug-likeness (QED) is 0.474. The van der Waals surface area contributed by atoms with Crippen LogP contribution in [0.5, 0.6) is 11.5 Å². The van der Waals surface area contributed by atoms with Gasteiger partial charge in [-0.05, 0) is 0 Å². The lowest BCUT2D eigenvalue weighted by Crippen LogP contribution is -2.03. The van der Waals surface area contributed by atoms with E-state index in [4.69, 9.17) is 9.47 Å². The van der Waals surface area contributed by atoms with Crippen molar-refractivity contribution in [3.05, 3.63) is 22.3 Å². The van der Waals surface area contributed by atoms with Gasteiger partial charge in [-0.15, -0.1) is 0 Å². The molecule has 5 rings (SSSR count). The summed E-state index contributed by atoms with van der Waals surface area (Å²) in [5.41, 5.74) is 5.64. The molecule has 2 nitrogen and oxygen atoms in total. The van der Waals surface area contributed by atoms with Crippen molar-refractivity contribution < 1.29 is 9.47 Å². The van der Waals surface area contributed by atoms with Crippen LogP contribution in [-0.4, -0.2) is 6.79 Å². The first kappa shape index (κ1) is 4.65. The predicted octanol–water partition coefficient (Wildman–Crippen LogP) is 1.22. The number of hydrogen-bond acceptors (Lipinski definition) is 2. The highest BCUT2D eigenvalue weighted by Crippen LogP contribution is 2.57. The zero-order valence-electron chi connectivity index (χ0n) is 5.94. The van der Waals surface area contributed by atoms with Crippen molar-refractivity contribution in [3.63, 3.8) is 0 Å². The highest BCUT2D eigenvalue weighted by atomic mass is 16.7. The second kappa shape index (κ2) is 1.13. The molecule has 2 heterocycles. The predicted molar refractivity (Wildman–Crippen MR) is 38.2 cm³/mol. The fourth-order valence-electron chi connectivity index (χ4n) is 1.99. The van der Waals surface area contributed by atoms with E-state index in [1.54, 1.807) is 0 Å². The summed E-state index contributed by atoms with van der Waals surface area (Å²) in [4.78, 5) is 0. The summed E-state index contributed by atoms with van der Waals surface area (Å²) < 4.78 is 10.9. The second-order valence-electron chi connectivity index (χ2n) is 3.33. The molecule has 0 unspecified atom stereocenters. The first-order valence-corrected chi connectivity index (χ1v) is 3.90. The number of hydrogen-bond donors (Lipinski definition) is 0. The largest absolute Gasteiger partial charge is 0.457 e. The first-order valence-electron chi connectivity index (χ1n) is 3.90. The molecule has 0 radical (unpaired) electrons. The smallest absolute Gasteiger partial charge is 0.230 e. The molecule has 54 valence electrons. The Bertz CT molecular complexity index is 327. The average Bonchev–Trinajstić information content (AvgIpc) is 2.79. The van der Waals surface area contributed by atoms with Gasteiger partial charge in [-0.1, -0.05) is 0 Å². The molecule has 0 fully saturated rings. The fraction of sp³-hybridized carbons (Fsp3) is 0.333. The zero-order valence-corrected chi connectivity index (χ0v) is 5.94. The number of benzene rings is 1. The van der Waals surface area contributed by atoms with Crippen molar-refractivity contribution in [2.75, 3.05) is 6.79 Å². The normalized spacial score (nSPS) is 19.3. The third-order valence-electron chi connectivity index (χ3n) is 2.69. The highest BCUT2D eigenvalue weighted by molar-refractivity contribution is 5.76. The molecule has 2 heteroatoms. The van der Waals surface area contributed by atoms with E-state index in [1.807, 2.05) is 0 Å². The lowest BCUT2D eigenvalue weighted by atomic mass is 10.3. The van der Waals surface area contributed by atoms with E-state index in [2.05, 4.69) is 0 Å². The van der Waals surface area contributed by atoms with E-state index >= 15 is 0 Å². The van der Waals surface area contributed by atoms with E-state index in [0.29, 0.717) is 6.79 Å². The molecule has 2 aliphatic carbocycles. The van der Waals surface area contributed by atoms with Gasteiger partial charge >= 0.3 is 0 Å². The monoisotopic (exact) mass is 146 g/mol. The second-order valence-corrected chi connectivity index (χ2v) is 3.33. The molecule has 0 amide bonds. The molecule has 0 aromatic heterocycles. The van der Waals surface area contributed by atoms with E-state index in [9.17, 15) is 0 Å². The lowest BCUT2D eigenvalue weighted by molar-refractivity contribution is 0.123. The molecule has 2 bridgehead atoms. The lowest BCUT2D eigenvalue weighted by Gasteiger charge is -2.03. The Hall–Kier alpha value is -1.18. The van der Waals surface area contributed by atoms with Gasteiger partial charge in [0.2, 0.25) is 6.79 Å². The fourth-order valence-corrected chi connectivity index (χ4v) is 1.99. The standard InChI is InChI=1S/C9H6O2/c1-4-5(1)9-7-2-6(7)8(4)10-3-11-9/h1-3H2. The Kier molecular flexibility index (Phi) is 0.479. The van der Waals surface area contributed by atoms with Crippen molar-refractivity contribution in [3.8, 4) is 11.5 Å². The minimum Gasteiger partial charge on any atom is -0.457 e. The molecule has 1 aromatic carbocycles. The van der Waals surface area contributed by atoms with E-state index in [0.717, 1.165) is 24.3 Å². The SMILES string of the molecule is C1Oc2c3c(c(c4c2C4)O1)C3. The van der Waals surface area contributed by atoms with Crippen LogP contribution in [0.15, 0.2) is 0 Å². The Balaban J connectivity index is 2.23.